The number of nitrogens with zero attached hydrogens (tertiary/aromatic N) is 1. The monoisotopic (exact) mass is 380 g/mol. The van der Waals surface area contributed by atoms with Crippen molar-refractivity contribution in [1.29, 1.82) is 0 Å². The predicted molar refractivity (Wildman–Crippen MR) is 83.9 cm³/mol. The summed E-state index contributed by atoms with van der Waals surface area (Å²) in [5, 5.41) is 1.84. The number of nitrogens with one attached hydrogen (secondary N) is 1. The Bertz CT molecular complexity index is 785. The lowest BCUT2D eigenvalue weighted by Crippen LogP contribution is -2.31. The molecule has 0 spiro atoms. The number of sulfonamides is 1. The van der Waals surface area contributed by atoms with Crippen LogP contribution in [0.4, 0.5) is 0 Å². The maximum atomic E-state index is 12.2. The molecule has 1 amide bonds. The molecule has 1 heterocycles. The summed E-state index contributed by atoms with van der Waals surface area (Å²) in [4.78, 5) is 15.6. The Morgan fingerprint density at radius 2 is 2.00 bits per heavy atom. The van der Waals surface area contributed by atoms with Gasteiger partial charge >= 0.3 is 0 Å². The van der Waals surface area contributed by atoms with Crippen LogP contribution in [-0.4, -0.2) is 26.4 Å². The van der Waals surface area contributed by atoms with E-state index in [1.807, 2.05) is 4.72 Å². The molecule has 1 aromatic carbocycles. The van der Waals surface area contributed by atoms with Gasteiger partial charge in [-0.2, -0.15) is 0 Å². The van der Waals surface area contributed by atoms with E-state index in [9.17, 15) is 13.2 Å². The van der Waals surface area contributed by atoms with E-state index in [-0.39, 0.29) is 27.2 Å². The van der Waals surface area contributed by atoms with Gasteiger partial charge in [-0.1, -0.05) is 29.3 Å². The average molecular weight is 381 g/mol. The van der Waals surface area contributed by atoms with Crippen molar-refractivity contribution in [3.8, 4) is 0 Å². The number of ether oxygens (including phenoxy) is 1. The van der Waals surface area contributed by atoms with E-state index in [1.54, 1.807) is 0 Å². The van der Waals surface area contributed by atoms with Crippen molar-refractivity contribution in [2.24, 2.45) is 0 Å². The minimum atomic E-state index is -4.20. The van der Waals surface area contributed by atoms with Gasteiger partial charge in [0.25, 0.3) is 15.9 Å². The number of benzene rings is 1. The van der Waals surface area contributed by atoms with E-state index >= 15 is 0 Å². The van der Waals surface area contributed by atoms with Gasteiger partial charge in [0.1, 0.15) is 15.6 Å². The highest BCUT2D eigenvalue weighted by Gasteiger charge is 2.25. The van der Waals surface area contributed by atoms with Crippen molar-refractivity contribution in [2.75, 3.05) is 7.11 Å². The van der Waals surface area contributed by atoms with Crippen LogP contribution < -0.4 is 4.72 Å². The van der Waals surface area contributed by atoms with Crippen LogP contribution in [0.2, 0.25) is 10.0 Å². The third-order valence-electron chi connectivity index (χ3n) is 2.47. The normalized spacial score (nSPS) is 11.4. The fourth-order valence-electron chi connectivity index (χ4n) is 1.57. The number of carbonyl (C=O) groups is 1. The van der Waals surface area contributed by atoms with Crippen LogP contribution in [0.5, 0.6) is 0 Å². The molecule has 0 radical (unpaired) electrons. The Kier molecular flexibility index (Phi) is 5.41. The van der Waals surface area contributed by atoms with Crippen LogP contribution in [0.25, 0.3) is 0 Å². The molecule has 2 rings (SSSR count). The molecular weight excluding hydrogens is 371 g/mol. The lowest BCUT2D eigenvalue weighted by Gasteiger charge is -2.08. The van der Waals surface area contributed by atoms with Gasteiger partial charge in [-0.15, -0.1) is 11.3 Å². The summed E-state index contributed by atoms with van der Waals surface area (Å²) in [6.45, 7) is 0.237. The summed E-state index contributed by atoms with van der Waals surface area (Å²) in [7, 11) is -2.71. The molecule has 0 atom stereocenters. The number of methoxy groups -OCH3 is 1. The molecule has 0 aliphatic carbocycles. The first kappa shape index (κ1) is 17.2. The topological polar surface area (TPSA) is 85.4 Å². The Balaban J connectivity index is 2.26. The fourth-order valence-corrected chi connectivity index (χ4v) is 4.42. The number of thiazole rings is 1. The van der Waals surface area contributed by atoms with Gasteiger partial charge in [0.2, 0.25) is 0 Å². The average Bonchev–Trinajstić information content (AvgIpc) is 2.87. The molecule has 0 unspecified atom stereocenters. The molecular formula is C12H10Cl2N2O4S2. The third kappa shape index (κ3) is 3.76. The second kappa shape index (κ2) is 6.93. The molecule has 0 aliphatic rings. The van der Waals surface area contributed by atoms with Crippen LogP contribution in [0, 0.1) is 0 Å². The number of hydrogen-bond donors (Lipinski definition) is 1. The summed E-state index contributed by atoms with van der Waals surface area (Å²) in [6.07, 6.45) is 0. The lowest BCUT2D eigenvalue weighted by molar-refractivity contribution is 0.0976. The van der Waals surface area contributed by atoms with Gasteiger partial charge in [0.15, 0.2) is 0 Å². The molecule has 22 heavy (non-hydrogen) atoms. The van der Waals surface area contributed by atoms with E-state index in [0.717, 1.165) is 0 Å². The molecule has 0 aliphatic heterocycles. The molecule has 0 bridgehead atoms. The quantitative estimate of drug-likeness (QED) is 0.861. The number of amides is 1. The predicted octanol–water partition coefficient (Wildman–Crippen LogP) is 2.72. The highest BCUT2D eigenvalue weighted by atomic mass is 35.5. The number of aromatic nitrogens is 1. The van der Waals surface area contributed by atoms with Crippen LogP contribution in [0.1, 0.15) is 15.5 Å². The van der Waals surface area contributed by atoms with Gasteiger partial charge in [0.05, 0.1) is 16.7 Å². The smallest absolute Gasteiger partial charge is 0.284 e. The van der Waals surface area contributed by atoms with Gasteiger partial charge < -0.3 is 4.74 Å². The van der Waals surface area contributed by atoms with E-state index in [0.29, 0.717) is 5.01 Å². The van der Waals surface area contributed by atoms with Gasteiger partial charge in [0, 0.05) is 12.5 Å². The maximum absolute atomic E-state index is 12.2. The zero-order valence-corrected chi connectivity index (χ0v) is 14.3. The van der Waals surface area contributed by atoms with E-state index in [4.69, 9.17) is 27.9 Å². The molecule has 0 fully saturated rings. The largest absolute Gasteiger partial charge is 0.378 e. The van der Waals surface area contributed by atoms with Gasteiger partial charge in [-0.25, -0.2) is 18.1 Å². The highest BCUT2D eigenvalue weighted by Crippen LogP contribution is 2.28. The summed E-state index contributed by atoms with van der Waals surface area (Å²) in [5.74, 6) is -0.866. The van der Waals surface area contributed by atoms with Crippen LogP contribution >= 0.6 is 34.5 Å². The van der Waals surface area contributed by atoms with Crippen molar-refractivity contribution < 1.29 is 17.9 Å². The summed E-state index contributed by atoms with van der Waals surface area (Å²) < 4.78 is 31.3. The molecule has 2 aromatic rings. The molecule has 0 saturated heterocycles. The second-order valence-electron chi connectivity index (χ2n) is 4.04. The Hall–Kier alpha value is -1.19. The van der Waals surface area contributed by atoms with Crippen LogP contribution in [-0.2, 0) is 21.4 Å². The highest BCUT2D eigenvalue weighted by molar-refractivity contribution is 7.90. The summed E-state index contributed by atoms with van der Waals surface area (Å²) >= 11 is 12.9. The fraction of sp³-hybridized carbons (Fsp3) is 0.167. The molecule has 1 aromatic heterocycles. The molecule has 6 nitrogen and oxygen atoms in total. The minimum Gasteiger partial charge on any atom is -0.378 e. The Morgan fingerprint density at radius 1 is 1.36 bits per heavy atom. The van der Waals surface area contributed by atoms with Crippen molar-refractivity contribution in [1.82, 2.24) is 9.71 Å². The van der Waals surface area contributed by atoms with Crippen LogP contribution in [0.15, 0.2) is 28.5 Å². The van der Waals surface area contributed by atoms with Gasteiger partial charge in [-0.3, -0.25) is 4.79 Å². The third-order valence-corrected chi connectivity index (χ3v) is 5.57. The van der Waals surface area contributed by atoms with Gasteiger partial charge in [-0.05, 0) is 12.1 Å². The number of rotatable bonds is 5. The zero-order valence-electron chi connectivity index (χ0n) is 11.2. The Morgan fingerprint density at radius 3 is 2.59 bits per heavy atom. The van der Waals surface area contributed by atoms with Crippen molar-refractivity contribution >= 4 is 50.5 Å². The first-order chi connectivity index (χ1) is 10.3. The molecule has 10 heteroatoms. The number of hydrogen-bond acceptors (Lipinski definition) is 6. The number of halogens is 2. The first-order valence-corrected chi connectivity index (χ1v) is 8.91. The Labute approximate surface area is 141 Å². The zero-order chi connectivity index (χ0) is 16.3. The SMILES string of the molecule is COCc1nc(C(=O)NS(=O)(=O)c2c(Cl)cccc2Cl)cs1. The lowest BCUT2D eigenvalue weighted by atomic mass is 10.4. The second-order valence-corrected chi connectivity index (χ2v) is 7.42. The molecule has 1 N–H and O–H groups in total. The van der Waals surface area contributed by atoms with E-state index in [2.05, 4.69) is 4.98 Å². The summed E-state index contributed by atoms with van der Waals surface area (Å²) in [5.41, 5.74) is -0.0243. The first-order valence-electron chi connectivity index (χ1n) is 5.79. The van der Waals surface area contributed by atoms with Crippen LogP contribution in [0.3, 0.4) is 0 Å². The van der Waals surface area contributed by atoms with E-state index < -0.39 is 15.9 Å². The minimum absolute atomic E-state index is 0.0243. The number of carbonyl (C=O) groups excluding carboxylic acids is 1. The maximum Gasteiger partial charge on any atom is 0.284 e. The summed E-state index contributed by atoms with van der Waals surface area (Å²) in [6, 6.07) is 4.24. The van der Waals surface area contributed by atoms with Crippen molar-refractivity contribution in [3.05, 3.63) is 44.3 Å². The van der Waals surface area contributed by atoms with E-state index in [1.165, 1.54) is 42.0 Å². The molecule has 118 valence electrons. The standard InChI is InChI=1S/C12H10Cl2N2O4S2/c1-20-5-10-15-9(6-21-10)12(17)16-22(18,19)11-7(13)3-2-4-8(11)14/h2-4,6H,5H2,1H3,(H,16,17). The molecule has 0 saturated carbocycles. The van der Waals surface area contributed by atoms with Crippen molar-refractivity contribution in [2.45, 2.75) is 11.5 Å². The van der Waals surface area contributed by atoms with Crippen molar-refractivity contribution in [3.63, 3.8) is 0 Å².